The van der Waals surface area contributed by atoms with Gasteiger partial charge in [-0.15, -0.1) is 0 Å². The van der Waals surface area contributed by atoms with Gasteiger partial charge in [0.2, 0.25) is 0 Å². The maximum Gasteiger partial charge on any atom is 0.255 e. The largest absolute Gasteiger partial charge is 0.339 e. The lowest BCUT2D eigenvalue weighted by molar-refractivity contribution is 0.0712. The summed E-state index contributed by atoms with van der Waals surface area (Å²) in [6.45, 7) is 3.57. The molecule has 1 amide bonds. The molecule has 7 heteroatoms. The Morgan fingerprint density at radius 2 is 2.07 bits per heavy atom. The highest BCUT2D eigenvalue weighted by molar-refractivity contribution is 5.93. The second-order valence-corrected chi connectivity index (χ2v) is 7.11. The van der Waals surface area contributed by atoms with E-state index in [4.69, 9.17) is 4.98 Å². The first-order valence-electron chi connectivity index (χ1n) is 9.81. The fraction of sp³-hybridized carbons (Fsp3) is 0.381. The molecule has 0 spiro atoms. The van der Waals surface area contributed by atoms with E-state index in [1.165, 1.54) is 0 Å². The van der Waals surface area contributed by atoms with Crippen LogP contribution < -0.4 is 0 Å². The molecular formula is C21H24N6O. The van der Waals surface area contributed by atoms with Gasteiger partial charge < -0.3 is 4.90 Å². The van der Waals surface area contributed by atoms with Crippen molar-refractivity contribution in [2.75, 3.05) is 13.1 Å². The summed E-state index contributed by atoms with van der Waals surface area (Å²) in [5, 5.41) is 7.45. The standard InChI is InChI=1S/C21H24N6O/c1-2-4-19-23-10-6-18(25-19)17-14-24-26-20(17)15-7-11-27(12-8-15)21(28)16-5-3-9-22-13-16/h3,5-6,9-10,13-15H,2,4,7-8,11-12H2,1H3,(H,24,26). The van der Waals surface area contributed by atoms with Gasteiger partial charge in [0.15, 0.2) is 0 Å². The minimum atomic E-state index is 0.0522. The Morgan fingerprint density at radius 1 is 1.21 bits per heavy atom. The zero-order chi connectivity index (χ0) is 19.3. The van der Waals surface area contributed by atoms with Gasteiger partial charge in [0.1, 0.15) is 5.82 Å². The molecule has 4 rings (SSSR count). The van der Waals surface area contributed by atoms with E-state index in [1.807, 2.05) is 29.4 Å². The molecule has 1 saturated heterocycles. The van der Waals surface area contributed by atoms with Crippen molar-refractivity contribution in [3.05, 3.63) is 60.1 Å². The Hall–Kier alpha value is -3.09. The molecule has 3 aromatic heterocycles. The van der Waals surface area contributed by atoms with Crippen molar-refractivity contribution < 1.29 is 4.79 Å². The van der Waals surface area contributed by atoms with Gasteiger partial charge in [0.25, 0.3) is 5.91 Å². The second-order valence-electron chi connectivity index (χ2n) is 7.11. The minimum absolute atomic E-state index is 0.0522. The van der Waals surface area contributed by atoms with Crippen LogP contribution in [0.5, 0.6) is 0 Å². The van der Waals surface area contributed by atoms with E-state index in [-0.39, 0.29) is 5.91 Å². The predicted octanol–water partition coefficient (Wildman–Crippen LogP) is 3.23. The quantitative estimate of drug-likeness (QED) is 0.739. The Labute approximate surface area is 164 Å². The molecule has 1 N–H and O–H groups in total. The fourth-order valence-electron chi connectivity index (χ4n) is 3.75. The van der Waals surface area contributed by atoms with Crippen molar-refractivity contribution >= 4 is 5.91 Å². The normalized spacial score (nSPS) is 15.0. The Balaban J connectivity index is 1.47. The highest BCUT2D eigenvalue weighted by Crippen LogP contribution is 2.33. The summed E-state index contributed by atoms with van der Waals surface area (Å²) in [5.74, 6) is 1.25. The number of rotatable bonds is 5. The SMILES string of the molecule is CCCc1nccc(-c2cn[nH]c2C2CCN(C(=O)c3cccnc3)CC2)n1. The highest BCUT2D eigenvalue weighted by Gasteiger charge is 2.27. The fourth-order valence-corrected chi connectivity index (χ4v) is 3.75. The third-order valence-corrected chi connectivity index (χ3v) is 5.22. The summed E-state index contributed by atoms with van der Waals surface area (Å²) in [6, 6.07) is 5.55. The number of amides is 1. The first-order chi connectivity index (χ1) is 13.8. The topological polar surface area (TPSA) is 87.7 Å². The summed E-state index contributed by atoms with van der Waals surface area (Å²) >= 11 is 0. The molecule has 0 saturated carbocycles. The maximum absolute atomic E-state index is 12.6. The molecule has 1 aliphatic rings. The minimum Gasteiger partial charge on any atom is -0.339 e. The van der Waals surface area contributed by atoms with Crippen LogP contribution in [0.15, 0.2) is 43.0 Å². The van der Waals surface area contributed by atoms with Crippen molar-refractivity contribution in [3.63, 3.8) is 0 Å². The van der Waals surface area contributed by atoms with Crippen LogP contribution in [0.3, 0.4) is 0 Å². The molecule has 0 aromatic carbocycles. The summed E-state index contributed by atoms with van der Waals surface area (Å²) in [7, 11) is 0. The van der Waals surface area contributed by atoms with E-state index in [0.29, 0.717) is 11.5 Å². The van der Waals surface area contributed by atoms with Crippen LogP contribution in [0.25, 0.3) is 11.3 Å². The van der Waals surface area contributed by atoms with Gasteiger partial charge in [0, 0.05) is 55.3 Å². The number of likely N-dealkylation sites (tertiary alicyclic amines) is 1. The van der Waals surface area contributed by atoms with Crippen LogP contribution in [0.4, 0.5) is 0 Å². The summed E-state index contributed by atoms with van der Waals surface area (Å²) in [5.41, 5.74) is 3.70. The van der Waals surface area contributed by atoms with Gasteiger partial charge in [-0.2, -0.15) is 5.10 Å². The first kappa shape index (κ1) is 18.3. The molecule has 4 heterocycles. The number of aryl methyl sites for hydroxylation is 1. The lowest BCUT2D eigenvalue weighted by Gasteiger charge is -2.32. The lowest BCUT2D eigenvalue weighted by Crippen LogP contribution is -2.38. The van der Waals surface area contributed by atoms with Crippen molar-refractivity contribution in [2.24, 2.45) is 0 Å². The number of hydrogen-bond acceptors (Lipinski definition) is 5. The van der Waals surface area contributed by atoms with Crippen molar-refractivity contribution in [1.82, 2.24) is 30.0 Å². The van der Waals surface area contributed by atoms with Gasteiger partial charge in [-0.3, -0.25) is 14.9 Å². The molecule has 144 valence electrons. The van der Waals surface area contributed by atoms with Crippen molar-refractivity contribution in [1.29, 1.82) is 0 Å². The van der Waals surface area contributed by atoms with Crippen LogP contribution in [0.1, 0.15) is 54.0 Å². The van der Waals surface area contributed by atoms with Crippen LogP contribution >= 0.6 is 0 Å². The van der Waals surface area contributed by atoms with E-state index in [2.05, 4.69) is 27.1 Å². The lowest BCUT2D eigenvalue weighted by atomic mass is 9.90. The van der Waals surface area contributed by atoms with E-state index < -0.39 is 0 Å². The molecule has 1 fully saturated rings. The van der Waals surface area contributed by atoms with E-state index in [9.17, 15) is 4.79 Å². The summed E-state index contributed by atoms with van der Waals surface area (Å²) in [4.78, 5) is 27.6. The van der Waals surface area contributed by atoms with E-state index in [0.717, 1.165) is 61.5 Å². The molecule has 0 radical (unpaired) electrons. The summed E-state index contributed by atoms with van der Waals surface area (Å²) in [6.07, 6.45) is 10.7. The Kier molecular flexibility index (Phi) is 5.41. The second kappa shape index (κ2) is 8.29. The van der Waals surface area contributed by atoms with Crippen molar-refractivity contribution in [3.8, 4) is 11.3 Å². The Morgan fingerprint density at radius 3 is 2.82 bits per heavy atom. The van der Waals surface area contributed by atoms with Crippen molar-refractivity contribution in [2.45, 2.75) is 38.5 Å². The van der Waals surface area contributed by atoms with Crippen LogP contribution in [0, 0.1) is 0 Å². The number of carbonyl (C=O) groups excluding carboxylic acids is 1. The highest BCUT2D eigenvalue weighted by atomic mass is 16.2. The molecule has 0 unspecified atom stereocenters. The van der Waals surface area contributed by atoms with Crippen LogP contribution in [-0.4, -0.2) is 49.0 Å². The number of carbonyl (C=O) groups is 1. The average molecular weight is 376 g/mol. The number of aromatic amines is 1. The number of nitrogens with zero attached hydrogens (tertiary/aromatic N) is 5. The molecule has 0 aliphatic carbocycles. The third kappa shape index (κ3) is 3.78. The molecule has 28 heavy (non-hydrogen) atoms. The van der Waals surface area contributed by atoms with Crippen LogP contribution in [-0.2, 0) is 6.42 Å². The predicted molar refractivity (Wildman–Crippen MR) is 106 cm³/mol. The molecule has 3 aromatic rings. The molecule has 0 atom stereocenters. The molecular weight excluding hydrogens is 352 g/mol. The number of nitrogens with one attached hydrogen (secondary N) is 1. The zero-order valence-corrected chi connectivity index (χ0v) is 16.0. The van der Waals surface area contributed by atoms with Gasteiger partial charge >= 0.3 is 0 Å². The van der Waals surface area contributed by atoms with E-state index >= 15 is 0 Å². The molecule has 7 nitrogen and oxygen atoms in total. The number of pyridine rings is 1. The monoisotopic (exact) mass is 376 g/mol. The number of H-pyrrole nitrogens is 1. The van der Waals surface area contributed by atoms with Gasteiger partial charge in [-0.1, -0.05) is 6.92 Å². The summed E-state index contributed by atoms with van der Waals surface area (Å²) < 4.78 is 0. The first-order valence-corrected chi connectivity index (χ1v) is 9.81. The maximum atomic E-state index is 12.6. The number of aromatic nitrogens is 5. The van der Waals surface area contributed by atoms with Gasteiger partial charge in [-0.05, 0) is 37.5 Å². The average Bonchev–Trinajstić information content (AvgIpc) is 3.24. The van der Waals surface area contributed by atoms with Crippen LogP contribution in [0.2, 0.25) is 0 Å². The van der Waals surface area contributed by atoms with Gasteiger partial charge in [-0.25, -0.2) is 9.97 Å². The Bertz CT molecular complexity index is 931. The van der Waals surface area contributed by atoms with Gasteiger partial charge in [0.05, 0.1) is 17.5 Å². The molecule has 1 aliphatic heterocycles. The number of piperidine rings is 1. The smallest absolute Gasteiger partial charge is 0.255 e. The number of hydrogen-bond donors (Lipinski definition) is 1. The molecule has 0 bridgehead atoms. The third-order valence-electron chi connectivity index (χ3n) is 5.22. The zero-order valence-electron chi connectivity index (χ0n) is 16.0. The van der Waals surface area contributed by atoms with E-state index in [1.54, 1.807) is 18.5 Å².